The molecule has 3 rings (SSSR count). The molecular formula is C17H16N2O4S. The lowest BCUT2D eigenvalue weighted by Crippen LogP contribution is -2.39. The third-order valence-corrected chi connectivity index (χ3v) is 4.59. The van der Waals surface area contributed by atoms with Gasteiger partial charge in [-0.15, -0.1) is 0 Å². The van der Waals surface area contributed by atoms with Gasteiger partial charge in [0.1, 0.15) is 17.2 Å². The van der Waals surface area contributed by atoms with Crippen LogP contribution in [0.1, 0.15) is 20.3 Å². The number of hydrogen-bond donors (Lipinski definition) is 2. The Labute approximate surface area is 143 Å². The number of carbonyl (C=O) groups excluding carboxylic acids is 2. The predicted molar refractivity (Wildman–Crippen MR) is 90.8 cm³/mol. The number of primary amides is 1. The van der Waals surface area contributed by atoms with Crippen molar-refractivity contribution in [1.82, 2.24) is 0 Å². The first kappa shape index (κ1) is 16.6. The minimum Gasteiger partial charge on any atom is -0.494 e. The summed E-state index contributed by atoms with van der Waals surface area (Å²) >= 11 is 0.751. The molecular weight excluding hydrogens is 328 g/mol. The van der Waals surface area contributed by atoms with Crippen LogP contribution < -0.4 is 5.73 Å². The van der Waals surface area contributed by atoms with Crippen molar-refractivity contribution in [1.29, 1.82) is 0 Å². The molecule has 3 aliphatic rings. The highest BCUT2D eigenvalue weighted by Crippen LogP contribution is 2.44. The molecule has 0 saturated heterocycles. The molecule has 1 aliphatic carbocycles. The average Bonchev–Trinajstić information content (AvgIpc) is 2.74. The third kappa shape index (κ3) is 3.03. The van der Waals surface area contributed by atoms with Crippen molar-refractivity contribution in [3.8, 4) is 11.8 Å². The molecule has 0 aromatic heterocycles. The van der Waals surface area contributed by atoms with Crippen molar-refractivity contribution in [3.63, 3.8) is 0 Å². The molecule has 2 aliphatic heterocycles. The van der Waals surface area contributed by atoms with E-state index in [1.54, 1.807) is 32.1 Å². The number of aliphatic hydroxyl groups is 1. The lowest BCUT2D eigenvalue weighted by atomic mass is 9.80. The Bertz CT molecular complexity index is 805. The molecule has 1 amide bonds. The van der Waals surface area contributed by atoms with Crippen LogP contribution in [0.5, 0.6) is 0 Å². The van der Waals surface area contributed by atoms with E-state index in [1.165, 1.54) is 6.26 Å². The summed E-state index contributed by atoms with van der Waals surface area (Å²) in [6, 6.07) is 0. The lowest BCUT2D eigenvalue weighted by Gasteiger charge is -2.29. The van der Waals surface area contributed by atoms with E-state index in [0.717, 1.165) is 11.8 Å². The normalized spacial score (nSPS) is 28.2. The monoisotopic (exact) mass is 344 g/mol. The SMILES string of the molecule is CC(C)(O)C#CC1=CC2=COC3CC(=O)SC(C(N)=O)=NC23C=C1. The van der Waals surface area contributed by atoms with Crippen molar-refractivity contribution < 1.29 is 19.4 Å². The Kier molecular flexibility index (Phi) is 3.90. The summed E-state index contributed by atoms with van der Waals surface area (Å²) in [5.41, 5.74) is 4.66. The van der Waals surface area contributed by atoms with Crippen molar-refractivity contribution in [2.24, 2.45) is 10.7 Å². The number of hydrogen-bond acceptors (Lipinski definition) is 6. The van der Waals surface area contributed by atoms with Gasteiger partial charge in [-0.1, -0.05) is 11.8 Å². The number of ether oxygens (including phenoxy) is 1. The zero-order valence-electron chi connectivity index (χ0n) is 13.2. The summed E-state index contributed by atoms with van der Waals surface area (Å²) < 4.78 is 5.62. The van der Waals surface area contributed by atoms with Crippen LogP contribution in [0.15, 0.2) is 40.6 Å². The molecule has 0 fully saturated rings. The van der Waals surface area contributed by atoms with Crippen LogP contribution in [0, 0.1) is 11.8 Å². The van der Waals surface area contributed by atoms with Gasteiger partial charge >= 0.3 is 0 Å². The van der Waals surface area contributed by atoms with Crippen LogP contribution in [0.2, 0.25) is 0 Å². The molecule has 1 spiro atoms. The van der Waals surface area contributed by atoms with Gasteiger partial charge in [-0.05, 0) is 43.8 Å². The summed E-state index contributed by atoms with van der Waals surface area (Å²) in [5, 5.41) is 9.47. The Hall–Kier alpha value is -2.30. The van der Waals surface area contributed by atoms with Gasteiger partial charge in [0.2, 0.25) is 0 Å². The molecule has 7 heteroatoms. The average molecular weight is 344 g/mol. The first-order valence-corrected chi connectivity index (χ1v) is 8.14. The minimum atomic E-state index is -1.10. The fourth-order valence-electron chi connectivity index (χ4n) is 2.60. The summed E-state index contributed by atoms with van der Waals surface area (Å²) in [5.74, 6) is 4.89. The minimum absolute atomic E-state index is 0.0250. The molecule has 2 heterocycles. The van der Waals surface area contributed by atoms with Crippen molar-refractivity contribution in [2.75, 3.05) is 0 Å². The van der Waals surface area contributed by atoms with Crippen LogP contribution in [-0.2, 0) is 14.3 Å². The summed E-state index contributed by atoms with van der Waals surface area (Å²) in [7, 11) is 0. The van der Waals surface area contributed by atoms with E-state index in [4.69, 9.17) is 10.5 Å². The van der Waals surface area contributed by atoms with Crippen molar-refractivity contribution in [2.45, 2.75) is 37.5 Å². The van der Waals surface area contributed by atoms with Gasteiger partial charge in [-0.25, -0.2) is 0 Å². The van der Waals surface area contributed by atoms with E-state index < -0.39 is 23.2 Å². The number of amides is 1. The Morgan fingerprint density at radius 1 is 1.58 bits per heavy atom. The van der Waals surface area contributed by atoms with Crippen molar-refractivity contribution in [3.05, 3.63) is 35.6 Å². The third-order valence-electron chi connectivity index (χ3n) is 3.71. The first-order chi connectivity index (χ1) is 11.2. The predicted octanol–water partition coefficient (Wildman–Crippen LogP) is 0.826. The van der Waals surface area contributed by atoms with E-state index in [1.807, 2.05) is 0 Å². The maximum Gasteiger partial charge on any atom is 0.273 e. The smallest absolute Gasteiger partial charge is 0.273 e. The molecule has 124 valence electrons. The molecule has 6 nitrogen and oxygen atoms in total. The van der Waals surface area contributed by atoms with Gasteiger partial charge in [-0.3, -0.25) is 14.6 Å². The van der Waals surface area contributed by atoms with Gasteiger partial charge in [0.05, 0.1) is 12.7 Å². The van der Waals surface area contributed by atoms with Gasteiger partial charge in [0.25, 0.3) is 5.91 Å². The van der Waals surface area contributed by atoms with Gasteiger partial charge < -0.3 is 15.6 Å². The molecule has 3 N–H and O–H groups in total. The second-order valence-corrected chi connectivity index (χ2v) is 7.27. The highest BCUT2D eigenvalue weighted by atomic mass is 32.2. The Morgan fingerprint density at radius 3 is 3.00 bits per heavy atom. The maximum atomic E-state index is 12.0. The maximum absolute atomic E-state index is 12.0. The number of aliphatic imine (C=N–C) groups is 1. The molecule has 0 aromatic rings. The van der Waals surface area contributed by atoms with Gasteiger partial charge in [0, 0.05) is 11.1 Å². The highest BCUT2D eigenvalue weighted by Gasteiger charge is 2.49. The second-order valence-electron chi connectivity index (χ2n) is 6.22. The quantitative estimate of drug-likeness (QED) is 0.686. The largest absolute Gasteiger partial charge is 0.494 e. The standard InChI is InChI=1S/C17H16N2O4S/c1-16(2,22)5-3-10-4-6-17-11(7-10)9-23-12(17)8-13(20)24-15(19-17)14(18)21/h4,6-7,9,12,22H,8H2,1-2H3,(H2,18,21). The fourth-order valence-corrected chi connectivity index (χ4v) is 3.35. The molecule has 0 aromatic carbocycles. The number of thioether (sulfide) groups is 1. The van der Waals surface area contributed by atoms with Crippen LogP contribution in [0.4, 0.5) is 0 Å². The van der Waals surface area contributed by atoms with E-state index in [-0.39, 0.29) is 16.6 Å². The highest BCUT2D eigenvalue weighted by molar-refractivity contribution is 8.27. The van der Waals surface area contributed by atoms with Crippen LogP contribution in [0.25, 0.3) is 0 Å². The number of carbonyl (C=O) groups is 2. The zero-order valence-corrected chi connectivity index (χ0v) is 14.0. The number of nitrogens with zero attached hydrogens (tertiary/aromatic N) is 1. The lowest BCUT2D eigenvalue weighted by molar-refractivity contribution is -0.113. The number of rotatable bonds is 1. The number of nitrogens with two attached hydrogens (primary N) is 1. The van der Waals surface area contributed by atoms with E-state index >= 15 is 0 Å². The molecule has 0 bridgehead atoms. The molecule has 0 radical (unpaired) electrons. The van der Waals surface area contributed by atoms with E-state index in [9.17, 15) is 14.7 Å². The second kappa shape index (κ2) is 5.65. The van der Waals surface area contributed by atoms with E-state index in [2.05, 4.69) is 16.8 Å². The Morgan fingerprint density at radius 2 is 2.33 bits per heavy atom. The van der Waals surface area contributed by atoms with Crippen LogP contribution in [0.3, 0.4) is 0 Å². The molecule has 0 saturated carbocycles. The fraction of sp³-hybridized carbons (Fsp3) is 0.353. The summed E-state index contributed by atoms with van der Waals surface area (Å²) in [6.07, 6.45) is 6.44. The van der Waals surface area contributed by atoms with Gasteiger partial charge in [-0.2, -0.15) is 0 Å². The number of allylic oxidation sites excluding steroid dienone is 2. The van der Waals surface area contributed by atoms with Crippen LogP contribution >= 0.6 is 11.8 Å². The van der Waals surface area contributed by atoms with Gasteiger partial charge in [0.15, 0.2) is 10.2 Å². The molecule has 2 atom stereocenters. The van der Waals surface area contributed by atoms with Crippen molar-refractivity contribution >= 4 is 27.8 Å². The Balaban J connectivity index is 2.01. The topological polar surface area (TPSA) is 102 Å². The molecule has 24 heavy (non-hydrogen) atoms. The zero-order chi connectivity index (χ0) is 17.5. The van der Waals surface area contributed by atoms with E-state index in [0.29, 0.717) is 11.1 Å². The van der Waals surface area contributed by atoms with Crippen LogP contribution in [-0.4, -0.2) is 38.4 Å². The summed E-state index contributed by atoms with van der Waals surface area (Å²) in [6.45, 7) is 3.19. The molecule has 2 unspecified atom stereocenters. The summed E-state index contributed by atoms with van der Waals surface area (Å²) in [4.78, 5) is 28.0. The first-order valence-electron chi connectivity index (χ1n) is 7.32.